The fourth-order valence-electron chi connectivity index (χ4n) is 1.37. The van der Waals surface area contributed by atoms with E-state index in [4.69, 9.17) is 23.2 Å². The number of anilines is 1. The van der Waals surface area contributed by atoms with Gasteiger partial charge < -0.3 is 0 Å². The SMILES string of the molecule is CN1C(=O)N(c2ccc(Cl)cc2Cl)S(=O)N1C. The molecule has 0 saturated carbocycles. The zero-order valence-electron chi connectivity index (χ0n) is 9.05. The van der Waals surface area contributed by atoms with E-state index in [-0.39, 0.29) is 5.02 Å². The first-order chi connectivity index (χ1) is 7.93. The monoisotopic (exact) mass is 293 g/mol. The smallest absolute Gasteiger partial charge is 0.246 e. The van der Waals surface area contributed by atoms with Gasteiger partial charge in [0.25, 0.3) is 0 Å². The Labute approximate surface area is 111 Å². The molecule has 1 aromatic rings. The molecule has 0 N–H and O–H groups in total. The van der Waals surface area contributed by atoms with Gasteiger partial charge in [-0.3, -0.25) is 0 Å². The summed E-state index contributed by atoms with van der Waals surface area (Å²) in [7, 11) is 3.09. The van der Waals surface area contributed by atoms with Gasteiger partial charge in [0.1, 0.15) is 0 Å². The van der Waals surface area contributed by atoms with Gasteiger partial charge in [-0.15, -0.1) is 4.41 Å². The lowest BCUT2D eigenvalue weighted by Gasteiger charge is -2.13. The number of rotatable bonds is 1. The van der Waals surface area contributed by atoms with E-state index in [1.54, 1.807) is 19.2 Å². The van der Waals surface area contributed by atoms with Crippen molar-refractivity contribution in [1.82, 2.24) is 9.42 Å². The summed E-state index contributed by atoms with van der Waals surface area (Å²) in [6, 6.07) is 4.25. The van der Waals surface area contributed by atoms with Crippen LogP contribution in [0, 0.1) is 0 Å². The molecule has 0 aliphatic carbocycles. The molecule has 1 unspecified atom stereocenters. The lowest BCUT2D eigenvalue weighted by Crippen LogP contribution is -2.32. The zero-order chi connectivity index (χ0) is 12.7. The van der Waals surface area contributed by atoms with Gasteiger partial charge in [-0.25, -0.2) is 14.0 Å². The van der Waals surface area contributed by atoms with E-state index >= 15 is 0 Å². The number of carbonyl (C=O) groups excluding carboxylic acids is 1. The molecule has 1 fully saturated rings. The van der Waals surface area contributed by atoms with E-state index in [0.29, 0.717) is 10.7 Å². The van der Waals surface area contributed by atoms with Gasteiger partial charge in [0.15, 0.2) is 0 Å². The normalized spacial score (nSPS) is 21.4. The Morgan fingerprint density at radius 3 is 2.35 bits per heavy atom. The highest BCUT2D eigenvalue weighted by atomic mass is 35.5. The van der Waals surface area contributed by atoms with Crippen molar-refractivity contribution in [3.63, 3.8) is 0 Å². The summed E-state index contributed by atoms with van der Waals surface area (Å²) in [6.45, 7) is 0. The van der Waals surface area contributed by atoms with Gasteiger partial charge in [-0.2, -0.15) is 4.31 Å². The maximum Gasteiger partial charge on any atom is 0.352 e. The van der Waals surface area contributed by atoms with Crippen LogP contribution < -0.4 is 4.31 Å². The van der Waals surface area contributed by atoms with E-state index in [9.17, 15) is 9.00 Å². The van der Waals surface area contributed by atoms with Gasteiger partial charge in [0.05, 0.1) is 10.7 Å². The molecule has 92 valence electrons. The Morgan fingerprint density at radius 1 is 1.24 bits per heavy atom. The second-order valence-corrected chi connectivity index (χ2v) is 5.59. The Hall–Kier alpha value is -0.820. The quantitative estimate of drug-likeness (QED) is 0.797. The average Bonchev–Trinajstić information content (AvgIpc) is 2.45. The van der Waals surface area contributed by atoms with Gasteiger partial charge in [-0.1, -0.05) is 23.2 Å². The molecule has 1 atom stereocenters. The molecule has 1 aliphatic heterocycles. The number of amides is 2. The molecule has 8 heteroatoms. The number of hydrogen-bond donors (Lipinski definition) is 0. The first-order valence-electron chi connectivity index (χ1n) is 4.62. The van der Waals surface area contributed by atoms with Crippen LogP contribution >= 0.6 is 23.2 Å². The molecule has 17 heavy (non-hydrogen) atoms. The lowest BCUT2D eigenvalue weighted by atomic mass is 10.3. The number of halogens is 2. The summed E-state index contributed by atoms with van der Waals surface area (Å²) in [5.41, 5.74) is 0.371. The van der Waals surface area contributed by atoms with Crippen molar-refractivity contribution in [2.75, 3.05) is 18.4 Å². The van der Waals surface area contributed by atoms with Crippen LogP contribution in [0.25, 0.3) is 0 Å². The maximum atomic E-state index is 12.0. The summed E-state index contributed by atoms with van der Waals surface area (Å²) >= 11 is 10.1. The molecule has 0 spiro atoms. The lowest BCUT2D eigenvalue weighted by molar-refractivity contribution is 0.162. The number of benzene rings is 1. The zero-order valence-corrected chi connectivity index (χ0v) is 11.4. The highest BCUT2D eigenvalue weighted by molar-refractivity contribution is 7.85. The maximum absolute atomic E-state index is 12.0. The van der Waals surface area contributed by atoms with Crippen LogP contribution in [0.3, 0.4) is 0 Å². The van der Waals surface area contributed by atoms with Crippen molar-refractivity contribution in [3.8, 4) is 0 Å². The minimum Gasteiger partial charge on any atom is -0.246 e. The van der Waals surface area contributed by atoms with Crippen molar-refractivity contribution in [2.45, 2.75) is 0 Å². The Morgan fingerprint density at radius 2 is 1.88 bits per heavy atom. The van der Waals surface area contributed by atoms with E-state index in [0.717, 1.165) is 4.31 Å². The summed E-state index contributed by atoms with van der Waals surface area (Å²) in [5.74, 6) is 0. The van der Waals surface area contributed by atoms with Gasteiger partial charge in [0.2, 0.25) is 11.2 Å². The summed E-state index contributed by atoms with van der Waals surface area (Å²) in [4.78, 5) is 11.9. The summed E-state index contributed by atoms with van der Waals surface area (Å²) in [5, 5.41) is 1.99. The van der Waals surface area contributed by atoms with Crippen LogP contribution in [0.2, 0.25) is 10.0 Å². The molecule has 5 nitrogen and oxygen atoms in total. The number of hydrazine groups is 1. The van der Waals surface area contributed by atoms with Gasteiger partial charge in [0, 0.05) is 19.1 Å². The topological polar surface area (TPSA) is 43.9 Å². The highest BCUT2D eigenvalue weighted by Crippen LogP contribution is 2.33. The molecule has 1 saturated heterocycles. The second kappa shape index (κ2) is 4.45. The Bertz CT molecular complexity index is 491. The predicted octanol–water partition coefficient (Wildman–Crippen LogP) is 2.29. The number of hydrogen-bond acceptors (Lipinski definition) is 2. The van der Waals surface area contributed by atoms with Crippen LogP contribution in [0.15, 0.2) is 18.2 Å². The van der Waals surface area contributed by atoms with Crippen LogP contribution in [0.1, 0.15) is 0 Å². The summed E-state index contributed by atoms with van der Waals surface area (Å²) < 4.78 is 14.4. The average molecular weight is 294 g/mol. The van der Waals surface area contributed by atoms with Gasteiger partial charge in [-0.05, 0) is 18.2 Å². The van der Waals surface area contributed by atoms with Crippen molar-refractivity contribution < 1.29 is 9.00 Å². The number of carbonyl (C=O) groups is 1. The van der Waals surface area contributed by atoms with Crippen LogP contribution in [-0.2, 0) is 11.2 Å². The van der Waals surface area contributed by atoms with Crippen LogP contribution in [0.4, 0.5) is 10.5 Å². The van der Waals surface area contributed by atoms with Crippen LogP contribution in [0.5, 0.6) is 0 Å². The minimum atomic E-state index is -1.62. The number of urea groups is 1. The standard InChI is InChI=1S/C9H9Cl2N3O2S/c1-12-9(15)14(17(16)13(12)2)8-4-3-6(10)5-7(8)11/h3-5H,1-2H3. The molecule has 0 aromatic heterocycles. The van der Waals surface area contributed by atoms with E-state index in [1.807, 2.05) is 0 Å². The van der Waals surface area contributed by atoms with Gasteiger partial charge >= 0.3 is 6.03 Å². The van der Waals surface area contributed by atoms with Crippen molar-refractivity contribution in [3.05, 3.63) is 28.2 Å². The third-order valence-electron chi connectivity index (χ3n) is 2.38. The van der Waals surface area contributed by atoms with E-state index < -0.39 is 17.2 Å². The van der Waals surface area contributed by atoms with Crippen molar-refractivity contribution >= 4 is 46.1 Å². The Balaban J connectivity index is 2.47. The third kappa shape index (κ3) is 2.01. The third-order valence-corrected chi connectivity index (χ3v) is 4.28. The molecular formula is C9H9Cl2N3O2S. The van der Waals surface area contributed by atoms with E-state index in [2.05, 4.69) is 0 Å². The summed E-state index contributed by atoms with van der Waals surface area (Å²) in [6.07, 6.45) is 0. The molecule has 1 aromatic carbocycles. The van der Waals surface area contributed by atoms with Crippen molar-refractivity contribution in [1.29, 1.82) is 0 Å². The first kappa shape index (κ1) is 12.6. The van der Waals surface area contributed by atoms with Crippen LogP contribution in [-0.4, -0.2) is 33.8 Å². The fraction of sp³-hybridized carbons (Fsp3) is 0.222. The second-order valence-electron chi connectivity index (χ2n) is 3.39. The number of nitrogens with zero attached hydrogens (tertiary/aromatic N) is 3. The fourth-order valence-corrected chi connectivity index (χ4v) is 3.01. The first-order valence-corrected chi connectivity index (χ1v) is 6.44. The highest BCUT2D eigenvalue weighted by Gasteiger charge is 2.40. The minimum absolute atomic E-state index is 0.280. The molecule has 1 aliphatic rings. The molecule has 1 heterocycles. The molecule has 0 radical (unpaired) electrons. The predicted molar refractivity (Wildman–Crippen MR) is 68.0 cm³/mol. The van der Waals surface area contributed by atoms with Crippen molar-refractivity contribution in [2.24, 2.45) is 0 Å². The molecular weight excluding hydrogens is 285 g/mol. The van der Waals surface area contributed by atoms with E-state index in [1.165, 1.54) is 22.5 Å². The molecule has 2 amide bonds. The Kier molecular flexibility index (Phi) is 3.31. The largest absolute Gasteiger partial charge is 0.352 e. The molecule has 0 bridgehead atoms. The molecule has 2 rings (SSSR count).